The first-order valence-electron chi connectivity index (χ1n) is 8.16. The van der Waals surface area contributed by atoms with Crippen molar-refractivity contribution >= 4 is 22.4 Å². The maximum Gasteiger partial charge on any atom is 0.308 e. The van der Waals surface area contributed by atoms with Gasteiger partial charge in [-0.3, -0.25) is 4.79 Å². The summed E-state index contributed by atoms with van der Waals surface area (Å²) in [7, 11) is 2.12. The van der Waals surface area contributed by atoms with E-state index in [0.717, 1.165) is 53.0 Å². The number of benzene rings is 1. The van der Waals surface area contributed by atoms with Crippen molar-refractivity contribution < 1.29 is 9.90 Å². The molecule has 0 unspecified atom stereocenters. The summed E-state index contributed by atoms with van der Waals surface area (Å²) in [5.41, 5.74) is 4.20. The average Bonchev–Trinajstić information content (AvgIpc) is 2.91. The Morgan fingerprint density at radius 3 is 2.58 bits per heavy atom. The number of aromatic nitrogens is 1. The van der Waals surface area contributed by atoms with E-state index in [1.165, 1.54) is 16.9 Å². The molecule has 1 aliphatic rings. The fourth-order valence-electron chi connectivity index (χ4n) is 3.02. The molecule has 0 amide bonds. The molecule has 1 aromatic heterocycles. The molecule has 1 saturated heterocycles. The van der Waals surface area contributed by atoms with Gasteiger partial charge in [-0.1, -0.05) is 23.8 Å². The number of carboxylic acids is 1. The summed E-state index contributed by atoms with van der Waals surface area (Å²) in [6, 6.07) is 6.23. The van der Waals surface area contributed by atoms with Crippen molar-refractivity contribution in [2.45, 2.75) is 20.3 Å². The van der Waals surface area contributed by atoms with Crippen LogP contribution in [0.1, 0.15) is 16.0 Å². The van der Waals surface area contributed by atoms with Crippen molar-refractivity contribution in [3.05, 3.63) is 34.2 Å². The quantitative estimate of drug-likeness (QED) is 0.923. The summed E-state index contributed by atoms with van der Waals surface area (Å²) in [5, 5.41) is 10.2. The number of nitrogens with zero attached hydrogens (tertiary/aromatic N) is 3. The van der Waals surface area contributed by atoms with Gasteiger partial charge in [-0.05, 0) is 26.5 Å². The highest BCUT2D eigenvalue weighted by atomic mass is 32.1. The van der Waals surface area contributed by atoms with E-state index < -0.39 is 5.97 Å². The summed E-state index contributed by atoms with van der Waals surface area (Å²) in [6.45, 7) is 8.00. The summed E-state index contributed by atoms with van der Waals surface area (Å²) in [4.78, 5) is 21.5. The van der Waals surface area contributed by atoms with Crippen LogP contribution in [0.5, 0.6) is 0 Å². The zero-order chi connectivity index (χ0) is 17.3. The zero-order valence-corrected chi connectivity index (χ0v) is 15.2. The lowest BCUT2D eigenvalue weighted by atomic mass is 10.0. The Labute approximate surface area is 146 Å². The molecule has 24 heavy (non-hydrogen) atoms. The summed E-state index contributed by atoms with van der Waals surface area (Å²) in [6.07, 6.45) is 0.0219. The number of aliphatic carboxylic acids is 1. The minimum atomic E-state index is -0.811. The lowest BCUT2D eigenvalue weighted by Gasteiger charge is -2.32. The third-order valence-electron chi connectivity index (χ3n) is 4.41. The first-order valence-corrected chi connectivity index (χ1v) is 8.98. The topological polar surface area (TPSA) is 56.7 Å². The second kappa shape index (κ2) is 6.91. The van der Waals surface area contributed by atoms with Crippen molar-refractivity contribution in [2.24, 2.45) is 0 Å². The highest BCUT2D eigenvalue weighted by molar-refractivity contribution is 7.16. The number of carbonyl (C=O) groups is 1. The Morgan fingerprint density at radius 2 is 1.96 bits per heavy atom. The summed E-state index contributed by atoms with van der Waals surface area (Å²) in [5.74, 6) is -0.811. The first-order chi connectivity index (χ1) is 11.4. The zero-order valence-electron chi connectivity index (χ0n) is 14.4. The molecule has 1 N–H and O–H groups in total. The number of hydrogen-bond acceptors (Lipinski definition) is 5. The highest BCUT2D eigenvalue weighted by Crippen LogP contribution is 2.35. The smallest absolute Gasteiger partial charge is 0.308 e. The van der Waals surface area contributed by atoms with Gasteiger partial charge in [0.05, 0.1) is 12.1 Å². The van der Waals surface area contributed by atoms with Gasteiger partial charge in [-0.2, -0.15) is 0 Å². The van der Waals surface area contributed by atoms with Crippen molar-refractivity contribution in [3.63, 3.8) is 0 Å². The Balaban J connectivity index is 1.99. The predicted molar refractivity (Wildman–Crippen MR) is 98.1 cm³/mol. The number of hydrogen-bond donors (Lipinski definition) is 1. The number of likely N-dealkylation sites (N-methyl/N-ethyl adjacent to an activating group) is 1. The molecule has 128 valence electrons. The molecule has 3 rings (SSSR count). The van der Waals surface area contributed by atoms with Gasteiger partial charge in [0, 0.05) is 36.6 Å². The van der Waals surface area contributed by atoms with Gasteiger partial charge in [0.15, 0.2) is 5.13 Å². The monoisotopic (exact) mass is 345 g/mol. The number of aryl methyl sites for hydroxylation is 2. The largest absolute Gasteiger partial charge is 0.481 e. The Bertz CT molecular complexity index is 749. The highest BCUT2D eigenvalue weighted by Gasteiger charge is 2.22. The Kier molecular flexibility index (Phi) is 4.87. The van der Waals surface area contributed by atoms with Crippen LogP contribution in [0.15, 0.2) is 18.2 Å². The minimum Gasteiger partial charge on any atom is -0.481 e. The molecule has 1 aromatic carbocycles. The number of piperazine rings is 1. The van der Waals surface area contributed by atoms with Crippen LogP contribution in [0.25, 0.3) is 11.3 Å². The van der Waals surface area contributed by atoms with Crippen molar-refractivity contribution in [2.75, 3.05) is 38.1 Å². The van der Waals surface area contributed by atoms with Gasteiger partial charge < -0.3 is 14.9 Å². The fraction of sp³-hybridized carbons (Fsp3) is 0.444. The molecule has 5 nitrogen and oxygen atoms in total. The van der Waals surface area contributed by atoms with E-state index in [4.69, 9.17) is 4.98 Å². The number of rotatable bonds is 4. The van der Waals surface area contributed by atoms with E-state index in [0.29, 0.717) is 0 Å². The fourth-order valence-corrected chi connectivity index (χ4v) is 4.14. The van der Waals surface area contributed by atoms with Crippen LogP contribution < -0.4 is 4.90 Å². The average molecular weight is 345 g/mol. The molecule has 1 fully saturated rings. The lowest BCUT2D eigenvalue weighted by molar-refractivity contribution is -0.136. The van der Waals surface area contributed by atoms with Crippen LogP contribution in [0.4, 0.5) is 5.13 Å². The first kappa shape index (κ1) is 16.9. The molecule has 0 bridgehead atoms. The van der Waals surface area contributed by atoms with Crippen LogP contribution in [0.2, 0.25) is 0 Å². The van der Waals surface area contributed by atoms with E-state index >= 15 is 0 Å². The van der Waals surface area contributed by atoms with Gasteiger partial charge in [0.2, 0.25) is 0 Å². The van der Waals surface area contributed by atoms with Gasteiger partial charge in [0.1, 0.15) is 0 Å². The molecule has 0 saturated carbocycles. The normalized spacial score (nSPS) is 15.7. The van der Waals surface area contributed by atoms with Gasteiger partial charge >= 0.3 is 5.97 Å². The van der Waals surface area contributed by atoms with Gasteiger partial charge in [-0.25, -0.2) is 4.98 Å². The maximum absolute atomic E-state index is 11.3. The molecular weight excluding hydrogens is 322 g/mol. The number of carboxylic acid groups (broad SMARTS) is 1. The molecule has 0 aliphatic carbocycles. The van der Waals surface area contributed by atoms with Crippen LogP contribution in [-0.2, 0) is 11.2 Å². The second-order valence-corrected chi connectivity index (χ2v) is 7.51. The van der Waals surface area contributed by atoms with Crippen molar-refractivity contribution in [3.8, 4) is 11.3 Å². The third-order valence-corrected chi connectivity index (χ3v) is 5.52. The van der Waals surface area contributed by atoms with Crippen molar-refractivity contribution in [1.82, 2.24) is 9.88 Å². The summed E-state index contributed by atoms with van der Waals surface area (Å²) < 4.78 is 0. The maximum atomic E-state index is 11.3. The van der Waals surface area contributed by atoms with Crippen molar-refractivity contribution in [1.29, 1.82) is 0 Å². The minimum absolute atomic E-state index is 0.0219. The summed E-state index contributed by atoms with van der Waals surface area (Å²) >= 11 is 1.52. The van der Waals surface area contributed by atoms with Gasteiger partial charge in [-0.15, -0.1) is 11.3 Å². The van der Waals surface area contributed by atoms with E-state index in [1.807, 2.05) is 0 Å². The third kappa shape index (κ3) is 3.60. The van der Waals surface area contributed by atoms with E-state index in [-0.39, 0.29) is 6.42 Å². The van der Waals surface area contributed by atoms with E-state index in [2.05, 4.69) is 48.9 Å². The predicted octanol–water partition coefficient (Wildman–Crippen LogP) is 2.81. The number of thiazole rings is 1. The molecule has 1 aliphatic heterocycles. The van der Waals surface area contributed by atoms with Crippen LogP contribution in [0, 0.1) is 13.8 Å². The van der Waals surface area contributed by atoms with Crippen LogP contribution in [0.3, 0.4) is 0 Å². The number of anilines is 1. The van der Waals surface area contributed by atoms with Crippen LogP contribution >= 0.6 is 11.3 Å². The molecule has 0 radical (unpaired) electrons. The van der Waals surface area contributed by atoms with Crippen LogP contribution in [-0.4, -0.2) is 54.2 Å². The van der Waals surface area contributed by atoms with E-state index in [1.54, 1.807) is 0 Å². The standard InChI is InChI=1S/C18H23N3O2S/c1-12-4-5-14(13(2)10-12)17-15(11-16(22)23)24-18(19-17)21-8-6-20(3)7-9-21/h4-5,10H,6-9,11H2,1-3H3,(H,22,23). The second-order valence-electron chi connectivity index (χ2n) is 6.45. The molecule has 0 atom stereocenters. The Hall–Kier alpha value is -1.92. The molecule has 2 aromatic rings. The molecule has 6 heteroatoms. The molecule has 2 heterocycles. The molecular formula is C18H23N3O2S. The Morgan fingerprint density at radius 1 is 1.25 bits per heavy atom. The van der Waals surface area contributed by atoms with Gasteiger partial charge in [0.25, 0.3) is 0 Å². The SMILES string of the molecule is Cc1ccc(-c2nc(N3CCN(C)CC3)sc2CC(=O)O)c(C)c1. The van der Waals surface area contributed by atoms with E-state index in [9.17, 15) is 9.90 Å². The lowest BCUT2D eigenvalue weighted by Crippen LogP contribution is -2.44. The molecule has 0 spiro atoms.